The molecule has 0 N–H and O–H groups in total. The summed E-state index contributed by atoms with van der Waals surface area (Å²) in [7, 11) is 1.79. The van der Waals surface area contributed by atoms with Crippen molar-refractivity contribution in [2.24, 2.45) is 13.0 Å². The van der Waals surface area contributed by atoms with Crippen LogP contribution in [0.5, 0.6) is 0 Å². The highest BCUT2D eigenvalue weighted by molar-refractivity contribution is 5.93. The number of carbonyl (C=O) groups is 1. The van der Waals surface area contributed by atoms with Crippen molar-refractivity contribution in [1.29, 1.82) is 0 Å². The summed E-state index contributed by atoms with van der Waals surface area (Å²) in [5.41, 5.74) is 1.41. The fourth-order valence-electron chi connectivity index (χ4n) is 4.06. The Morgan fingerprint density at radius 1 is 1.31 bits per heavy atom. The van der Waals surface area contributed by atoms with Crippen molar-refractivity contribution in [1.82, 2.24) is 24.8 Å². The van der Waals surface area contributed by atoms with Crippen LogP contribution >= 0.6 is 0 Å². The number of aromatic nitrogens is 4. The molecule has 0 aromatic carbocycles. The molecule has 0 aliphatic carbocycles. The lowest BCUT2D eigenvalue weighted by Gasteiger charge is -2.21. The highest BCUT2D eigenvalue weighted by atomic mass is 16.5. The highest BCUT2D eigenvalue weighted by Gasteiger charge is 2.35. The van der Waals surface area contributed by atoms with Gasteiger partial charge in [-0.2, -0.15) is 10.1 Å². The van der Waals surface area contributed by atoms with Crippen LogP contribution in [0.1, 0.15) is 59.6 Å². The first-order valence-corrected chi connectivity index (χ1v) is 10.4. The molecule has 4 rings (SSSR count). The molecule has 1 atom stereocenters. The number of rotatable bonds is 7. The summed E-state index contributed by atoms with van der Waals surface area (Å²) in [4.78, 5) is 19.3. The zero-order valence-corrected chi connectivity index (χ0v) is 17.2. The molecule has 2 aromatic heterocycles. The Labute approximate surface area is 170 Å². The van der Waals surface area contributed by atoms with Gasteiger partial charge < -0.3 is 18.9 Å². The molecule has 0 bridgehead atoms. The Morgan fingerprint density at radius 3 is 2.90 bits per heavy atom. The third kappa shape index (κ3) is 4.67. The van der Waals surface area contributed by atoms with E-state index in [9.17, 15) is 4.79 Å². The number of aryl methyl sites for hydroxylation is 2. The van der Waals surface area contributed by atoms with E-state index >= 15 is 0 Å². The third-order valence-corrected chi connectivity index (χ3v) is 5.67. The van der Waals surface area contributed by atoms with Gasteiger partial charge in [0.2, 0.25) is 5.89 Å². The molecule has 2 aromatic rings. The Kier molecular flexibility index (Phi) is 6.25. The van der Waals surface area contributed by atoms with E-state index in [1.807, 2.05) is 17.9 Å². The van der Waals surface area contributed by atoms with E-state index in [2.05, 4.69) is 15.2 Å². The summed E-state index contributed by atoms with van der Waals surface area (Å²) < 4.78 is 18.3. The molecular formula is C20H29N5O4. The predicted octanol–water partition coefficient (Wildman–Crippen LogP) is 2.07. The maximum absolute atomic E-state index is 13.0. The minimum atomic E-state index is -0.179. The fraction of sp³-hybridized carbons (Fsp3) is 0.700. The lowest BCUT2D eigenvalue weighted by atomic mass is 10.0. The van der Waals surface area contributed by atoms with E-state index in [0.717, 1.165) is 51.2 Å². The van der Waals surface area contributed by atoms with Crippen molar-refractivity contribution >= 4 is 5.91 Å². The van der Waals surface area contributed by atoms with Gasteiger partial charge in [0.15, 0.2) is 5.82 Å². The molecular weight excluding hydrogens is 374 g/mol. The smallest absolute Gasteiger partial charge is 0.272 e. The predicted molar refractivity (Wildman–Crippen MR) is 103 cm³/mol. The fourth-order valence-corrected chi connectivity index (χ4v) is 4.06. The number of amides is 1. The van der Waals surface area contributed by atoms with Gasteiger partial charge in [0.1, 0.15) is 11.7 Å². The van der Waals surface area contributed by atoms with Crippen LogP contribution in [-0.2, 0) is 22.9 Å². The van der Waals surface area contributed by atoms with Gasteiger partial charge in [-0.1, -0.05) is 5.16 Å². The van der Waals surface area contributed by atoms with E-state index in [1.165, 1.54) is 0 Å². The second-order valence-corrected chi connectivity index (χ2v) is 7.88. The standard InChI is InChI=1S/C20H29N5O4/c1-14-12-17(24(2)22-14)20(26)25-8-3-4-16(25)19-21-18(23-29-19)7-11-28-13-15-5-9-27-10-6-15/h12,15-16H,3-11,13H2,1-2H3. The summed E-state index contributed by atoms with van der Waals surface area (Å²) in [5, 5.41) is 8.37. The van der Waals surface area contributed by atoms with Crippen LogP contribution in [0.3, 0.4) is 0 Å². The van der Waals surface area contributed by atoms with Crippen molar-refractivity contribution < 1.29 is 18.8 Å². The molecule has 1 amide bonds. The van der Waals surface area contributed by atoms with Crippen LogP contribution in [0.15, 0.2) is 10.6 Å². The highest BCUT2D eigenvalue weighted by Crippen LogP contribution is 2.32. The van der Waals surface area contributed by atoms with E-state index in [-0.39, 0.29) is 11.9 Å². The second kappa shape index (κ2) is 9.04. The van der Waals surface area contributed by atoms with Crippen molar-refractivity contribution in [3.8, 4) is 0 Å². The first kappa shape index (κ1) is 20.0. The van der Waals surface area contributed by atoms with Gasteiger partial charge in [0, 0.05) is 39.8 Å². The van der Waals surface area contributed by atoms with Gasteiger partial charge in [-0.25, -0.2) is 0 Å². The Hall–Kier alpha value is -2.26. The van der Waals surface area contributed by atoms with Crippen molar-refractivity contribution in [3.05, 3.63) is 29.2 Å². The quantitative estimate of drug-likeness (QED) is 0.653. The molecule has 4 heterocycles. The second-order valence-electron chi connectivity index (χ2n) is 7.88. The molecule has 0 spiro atoms. The van der Waals surface area contributed by atoms with Gasteiger partial charge in [0.05, 0.1) is 12.3 Å². The Morgan fingerprint density at radius 2 is 2.14 bits per heavy atom. The van der Waals surface area contributed by atoms with Gasteiger partial charge in [0.25, 0.3) is 5.91 Å². The molecule has 9 heteroatoms. The monoisotopic (exact) mass is 403 g/mol. The average molecular weight is 403 g/mol. The molecule has 2 saturated heterocycles. The zero-order chi connectivity index (χ0) is 20.2. The third-order valence-electron chi connectivity index (χ3n) is 5.67. The number of likely N-dealkylation sites (tertiary alicyclic amines) is 1. The molecule has 0 radical (unpaired) electrons. The first-order valence-electron chi connectivity index (χ1n) is 10.4. The van der Waals surface area contributed by atoms with E-state index in [4.69, 9.17) is 14.0 Å². The lowest BCUT2D eigenvalue weighted by Crippen LogP contribution is -2.32. The molecule has 0 saturated carbocycles. The first-order chi connectivity index (χ1) is 14.1. The number of carbonyl (C=O) groups excluding carboxylic acids is 1. The SMILES string of the molecule is Cc1cc(C(=O)N2CCCC2c2nc(CCOCC3CCOCC3)no2)n(C)n1. The van der Waals surface area contributed by atoms with Crippen molar-refractivity contribution in [3.63, 3.8) is 0 Å². The van der Waals surface area contributed by atoms with E-state index in [0.29, 0.717) is 42.9 Å². The van der Waals surface area contributed by atoms with Crippen LogP contribution in [0.25, 0.3) is 0 Å². The maximum Gasteiger partial charge on any atom is 0.272 e. The zero-order valence-electron chi connectivity index (χ0n) is 17.2. The summed E-state index contributed by atoms with van der Waals surface area (Å²) in [6, 6.07) is 1.63. The van der Waals surface area contributed by atoms with Gasteiger partial charge in [-0.15, -0.1) is 0 Å². The van der Waals surface area contributed by atoms with Crippen molar-refractivity contribution in [2.45, 2.75) is 45.1 Å². The molecule has 9 nitrogen and oxygen atoms in total. The van der Waals surface area contributed by atoms with Crippen LogP contribution in [0.4, 0.5) is 0 Å². The number of hydrogen-bond acceptors (Lipinski definition) is 7. The Bertz CT molecular complexity index is 827. The van der Waals surface area contributed by atoms with Gasteiger partial charge >= 0.3 is 0 Å². The van der Waals surface area contributed by atoms with E-state index in [1.54, 1.807) is 11.7 Å². The summed E-state index contributed by atoms with van der Waals surface area (Å²) in [5.74, 6) is 1.67. The van der Waals surface area contributed by atoms with Crippen molar-refractivity contribution in [2.75, 3.05) is 33.0 Å². The van der Waals surface area contributed by atoms with E-state index < -0.39 is 0 Å². The van der Waals surface area contributed by atoms with Gasteiger partial charge in [-0.05, 0) is 44.6 Å². The topological polar surface area (TPSA) is 95.5 Å². The minimum absolute atomic E-state index is 0.0462. The molecule has 2 aliphatic rings. The lowest BCUT2D eigenvalue weighted by molar-refractivity contribution is 0.0211. The minimum Gasteiger partial charge on any atom is -0.381 e. The number of nitrogens with zero attached hydrogens (tertiary/aromatic N) is 5. The normalized spacial score (nSPS) is 20.5. The Balaban J connectivity index is 1.32. The summed E-state index contributed by atoms with van der Waals surface area (Å²) >= 11 is 0. The molecule has 158 valence electrons. The number of ether oxygens (including phenoxy) is 2. The largest absolute Gasteiger partial charge is 0.381 e. The average Bonchev–Trinajstić information content (AvgIpc) is 3.45. The maximum atomic E-state index is 13.0. The number of hydrogen-bond donors (Lipinski definition) is 0. The molecule has 2 aliphatic heterocycles. The van der Waals surface area contributed by atoms with Gasteiger partial charge in [-0.3, -0.25) is 9.48 Å². The summed E-state index contributed by atoms with van der Waals surface area (Å²) in [6.07, 6.45) is 4.47. The van der Waals surface area contributed by atoms with Crippen LogP contribution in [0, 0.1) is 12.8 Å². The van der Waals surface area contributed by atoms with Crippen LogP contribution in [-0.4, -0.2) is 63.7 Å². The molecule has 2 fully saturated rings. The van der Waals surface area contributed by atoms with Crippen LogP contribution in [0.2, 0.25) is 0 Å². The summed E-state index contributed by atoms with van der Waals surface area (Å²) in [6.45, 7) is 5.54. The molecule has 29 heavy (non-hydrogen) atoms. The molecule has 1 unspecified atom stereocenters. The van der Waals surface area contributed by atoms with Crippen LogP contribution < -0.4 is 0 Å².